The van der Waals surface area contributed by atoms with E-state index in [0.717, 1.165) is 11.1 Å². The second-order valence-electron chi connectivity index (χ2n) is 12.6. The van der Waals surface area contributed by atoms with Gasteiger partial charge < -0.3 is 30.3 Å². The molecule has 40 heavy (non-hydrogen) atoms. The first-order valence-electron chi connectivity index (χ1n) is 14.0. The third kappa shape index (κ3) is 8.94. The van der Waals surface area contributed by atoms with Crippen molar-refractivity contribution in [2.75, 3.05) is 20.2 Å². The molecule has 4 amide bonds. The fraction of sp³-hybridized carbons (Fsp3) is 0.667. The highest BCUT2D eigenvalue weighted by Crippen LogP contribution is 2.26. The number of aliphatic hydroxyl groups is 1. The van der Waals surface area contributed by atoms with E-state index < -0.39 is 35.5 Å². The summed E-state index contributed by atoms with van der Waals surface area (Å²) in [6, 6.07) is 1.60. The number of nitrogens with zero attached hydrogens (tertiary/aromatic N) is 2. The largest absolute Gasteiger partial charge is 0.483 e. The van der Waals surface area contributed by atoms with E-state index in [9.17, 15) is 24.3 Å². The summed E-state index contributed by atoms with van der Waals surface area (Å²) < 4.78 is 5.78. The molecule has 0 radical (unpaired) electrons. The zero-order valence-electron chi connectivity index (χ0n) is 25.8. The normalized spacial score (nSPS) is 18.1. The molecule has 2 rings (SSSR count). The van der Waals surface area contributed by atoms with Crippen LogP contribution in [0.4, 0.5) is 0 Å². The highest BCUT2D eigenvalue weighted by atomic mass is 16.5. The molecule has 0 aromatic heterocycles. The number of hydrogen-bond acceptors (Lipinski definition) is 6. The van der Waals surface area contributed by atoms with E-state index in [0.29, 0.717) is 6.42 Å². The Morgan fingerprint density at radius 1 is 1.10 bits per heavy atom. The smallest absolute Gasteiger partial charge is 0.258 e. The van der Waals surface area contributed by atoms with E-state index >= 15 is 0 Å². The number of carbonyl (C=O) groups excluding carboxylic acids is 4. The first-order valence-corrected chi connectivity index (χ1v) is 14.0. The van der Waals surface area contributed by atoms with Crippen molar-refractivity contribution in [3.8, 4) is 5.75 Å². The molecule has 1 fully saturated rings. The van der Waals surface area contributed by atoms with Crippen LogP contribution in [-0.2, 0) is 14.4 Å². The Morgan fingerprint density at radius 2 is 1.70 bits per heavy atom. The molecular weight excluding hydrogens is 512 g/mol. The van der Waals surface area contributed by atoms with E-state index in [1.807, 2.05) is 62.3 Å². The fourth-order valence-corrected chi connectivity index (χ4v) is 4.59. The second kappa shape index (κ2) is 13.5. The number of benzene rings is 1. The SMILES string of the molecule is Cc1cc(OCC(=O)NC(C)(C)C)c(C(=O)N[C@H](CC(C)C)C(=O)N2C[C@@H](O)C[C@@H]2C(=O)N(C)C(C)C)cc1C. The molecule has 1 aliphatic heterocycles. The topological polar surface area (TPSA) is 128 Å². The number of ether oxygens (including phenoxy) is 1. The third-order valence-electron chi connectivity index (χ3n) is 6.99. The molecule has 1 aliphatic rings. The third-order valence-corrected chi connectivity index (χ3v) is 6.99. The first-order chi connectivity index (χ1) is 18.4. The summed E-state index contributed by atoms with van der Waals surface area (Å²) in [4.78, 5) is 55.9. The molecule has 0 spiro atoms. The Hall–Kier alpha value is -3.14. The summed E-state index contributed by atoms with van der Waals surface area (Å²) in [5.41, 5.74) is 1.52. The van der Waals surface area contributed by atoms with Crippen LogP contribution in [0.2, 0.25) is 0 Å². The van der Waals surface area contributed by atoms with Crippen LogP contribution in [-0.4, -0.2) is 88.5 Å². The Balaban J connectivity index is 2.33. The van der Waals surface area contributed by atoms with Crippen LogP contribution in [0.15, 0.2) is 12.1 Å². The summed E-state index contributed by atoms with van der Waals surface area (Å²) in [7, 11) is 1.68. The Bertz CT molecular complexity index is 1090. The van der Waals surface area contributed by atoms with Gasteiger partial charge in [0, 0.05) is 31.6 Å². The number of aliphatic hydroxyl groups excluding tert-OH is 1. The average molecular weight is 561 g/mol. The van der Waals surface area contributed by atoms with Gasteiger partial charge in [-0.15, -0.1) is 0 Å². The van der Waals surface area contributed by atoms with Gasteiger partial charge in [0.15, 0.2) is 6.61 Å². The number of hydrogen-bond donors (Lipinski definition) is 3. The molecule has 0 saturated carbocycles. The molecule has 1 aromatic carbocycles. The highest BCUT2D eigenvalue weighted by Gasteiger charge is 2.43. The van der Waals surface area contributed by atoms with Crippen molar-refractivity contribution >= 4 is 23.6 Å². The lowest BCUT2D eigenvalue weighted by molar-refractivity contribution is -0.145. The van der Waals surface area contributed by atoms with Gasteiger partial charge in [0.05, 0.1) is 11.7 Å². The van der Waals surface area contributed by atoms with Gasteiger partial charge in [-0.2, -0.15) is 0 Å². The second-order valence-corrected chi connectivity index (χ2v) is 12.6. The van der Waals surface area contributed by atoms with Crippen LogP contribution < -0.4 is 15.4 Å². The molecule has 0 bridgehead atoms. The number of likely N-dealkylation sites (N-methyl/N-ethyl adjacent to an activating group) is 1. The molecule has 3 N–H and O–H groups in total. The van der Waals surface area contributed by atoms with Gasteiger partial charge >= 0.3 is 0 Å². The van der Waals surface area contributed by atoms with Gasteiger partial charge in [0.1, 0.15) is 17.8 Å². The van der Waals surface area contributed by atoms with Crippen molar-refractivity contribution in [1.29, 1.82) is 0 Å². The van der Waals surface area contributed by atoms with Crippen molar-refractivity contribution < 1.29 is 29.0 Å². The molecule has 1 saturated heterocycles. The van der Waals surface area contributed by atoms with E-state index in [1.54, 1.807) is 24.1 Å². The summed E-state index contributed by atoms with van der Waals surface area (Å²) in [5.74, 6) is -1.19. The van der Waals surface area contributed by atoms with E-state index in [2.05, 4.69) is 10.6 Å². The maximum absolute atomic E-state index is 13.8. The fourth-order valence-electron chi connectivity index (χ4n) is 4.59. The van der Waals surface area contributed by atoms with Crippen LogP contribution in [0, 0.1) is 19.8 Å². The highest BCUT2D eigenvalue weighted by molar-refractivity contribution is 6.00. The van der Waals surface area contributed by atoms with Crippen molar-refractivity contribution in [2.24, 2.45) is 5.92 Å². The maximum Gasteiger partial charge on any atom is 0.258 e. The summed E-state index contributed by atoms with van der Waals surface area (Å²) in [6.45, 7) is 16.7. The van der Waals surface area contributed by atoms with Gasteiger partial charge in [-0.3, -0.25) is 19.2 Å². The number of aryl methyl sites for hydroxylation is 2. The minimum atomic E-state index is -0.920. The van der Waals surface area contributed by atoms with Gasteiger partial charge in [-0.25, -0.2) is 0 Å². The standard InChI is InChI=1S/C30H48N4O6/c1-17(2)11-23(28(38)34-15-21(35)14-24(34)29(39)33(10)18(3)4)31-27(37)22-12-19(5)20(6)13-25(22)40-16-26(36)32-30(7,8)9/h12-13,17-18,21,23-24,35H,11,14-16H2,1-10H3,(H,31,37)(H,32,36)/t21-,23+,24+/m0/s1. The Labute approximate surface area is 238 Å². The number of likely N-dealkylation sites (tertiary alicyclic amines) is 1. The monoisotopic (exact) mass is 560 g/mol. The molecule has 10 nitrogen and oxygen atoms in total. The lowest BCUT2D eigenvalue weighted by atomic mass is 10.00. The predicted octanol–water partition coefficient (Wildman–Crippen LogP) is 2.57. The lowest BCUT2D eigenvalue weighted by Crippen LogP contribution is -2.54. The number of carbonyl (C=O) groups is 4. The number of β-amino-alcohol motifs (C(OH)–C–C–N with tert-alkyl or cyclic N) is 1. The Kier molecular flexibility index (Phi) is 11.1. The van der Waals surface area contributed by atoms with Gasteiger partial charge in [-0.1, -0.05) is 13.8 Å². The Morgan fingerprint density at radius 3 is 2.25 bits per heavy atom. The molecular formula is C30H48N4O6. The zero-order chi connectivity index (χ0) is 30.5. The lowest BCUT2D eigenvalue weighted by Gasteiger charge is -2.32. The minimum Gasteiger partial charge on any atom is -0.483 e. The number of rotatable bonds is 10. The number of amides is 4. The predicted molar refractivity (Wildman–Crippen MR) is 154 cm³/mol. The summed E-state index contributed by atoms with van der Waals surface area (Å²) in [5, 5.41) is 16.1. The van der Waals surface area contributed by atoms with Crippen LogP contribution >= 0.6 is 0 Å². The molecule has 1 aromatic rings. The molecule has 10 heteroatoms. The van der Waals surface area contributed by atoms with Crippen molar-refractivity contribution in [1.82, 2.24) is 20.4 Å². The van der Waals surface area contributed by atoms with Gasteiger partial charge in [-0.05, 0) is 84.1 Å². The van der Waals surface area contributed by atoms with Gasteiger partial charge in [0.25, 0.3) is 11.8 Å². The molecule has 0 unspecified atom stereocenters. The van der Waals surface area contributed by atoms with Crippen molar-refractivity contribution in [2.45, 2.75) is 105 Å². The van der Waals surface area contributed by atoms with Crippen LogP contribution in [0.5, 0.6) is 5.75 Å². The summed E-state index contributed by atoms with van der Waals surface area (Å²) in [6.07, 6.45) is -0.337. The molecule has 224 valence electrons. The molecule has 1 heterocycles. The van der Waals surface area contributed by atoms with E-state index in [4.69, 9.17) is 4.74 Å². The van der Waals surface area contributed by atoms with Crippen LogP contribution in [0.1, 0.15) is 82.8 Å². The summed E-state index contributed by atoms with van der Waals surface area (Å²) >= 11 is 0. The molecule has 0 aliphatic carbocycles. The average Bonchev–Trinajstić information content (AvgIpc) is 3.22. The number of nitrogens with one attached hydrogen (secondary N) is 2. The maximum atomic E-state index is 13.8. The van der Waals surface area contributed by atoms with Gasteiger partial charge in [0.2, 0.25) is 11.8 Å². The quantitative estimate of drug-likeness (QED) is 0.404. The van der Waals surface area contributed by atoms with Crippen LogP contribution in [0.25, 0.3) is 0 Å². The minimum absolute atomic E-state index is 0.0204. The van der Waals surface area contributed by atoms with Crippen molar-refractivity contribution in [3.05, 3.63) is 28.8 Å². The van der Waals surface area contributed by atoms with Crippen LogP contribution in [0.3, 0.4) is 0 Å². The van der Waals surface area contributed by atoms with E-state index in [-0.39, 0.29) is 54.7 Å². The van der Waals surface area contributed by atoms with E-state index in [1.165, 1.54) is 4.90 Å². The first kappa shape index (κ1) is 33.1. The molecule has 3 atom stereocenters. The zero-order valence-corrected chi connectivity index (χ0v) is 25.8. The van der Waals surface area contributed by atoms with Crippen molar-refractivity contribution in [3.63, 3.8) is 0 Å².